The van der Waals surface area contributed by atoms with Crippen molar-refractivity contribution in [1.82, 2.24) is 15.0 Å². The van der Waals surface area contributed by atoms with Gasteiger partial charge >= 0.3 is 0 Å². The predicted molar refractivity (Wildman–Crippen MR) is 49.7 cm³/mol. The van der Waals surface area contributed by atoms with Gasteiger partial charge in [0, 0.05) is 6.61 Å². The lowest BCUT2D eigenvalue weighted by atomic mass is 10.1. The molecule has 1 unspecified atom stereocenters. The second kappa shape index (κ2) is 4.06. The van der Waals surface area contributed by atoms with Crippen LogP contribution in [0.1, 0.15) is 37.6 Å². The average Bonchev–Trinajstić information content (AvgIpc) is 2.68. The van der Waals surface area contributed by atoms with E-state index in [2.05, 4.69) is 10.3 Å². The van der Waals surface area contributed by atoms with Crippen molar-refractivity contribution >= 4 is 0 Å². The van der Waals surface area contributed by atoms with Crippen molar-refractivity contribution in [2.45, 2.75) is 31.9 Å². The quantitative estimate of drug-likeness (QED) is 0.757. The van der Waals surface area contributed by atoms with Crippen molar-refractivity contribution in [1.29, 1.82) is 0 Å². The number of ether oxygens (including phenoxy) is 1. The van der Waals surface area contributed by atoms with Crippen LogP contribution in [-0.2, 0) is 4.74 Å². The van der Waals surface area contributed by atoms with Gasteiger partial charge in [-0.3, -0.25) is 0 Å². The molecule has 5 nitrogen and oxygen atoms in total. The molecule has 0 aromatic carbocycles. The number of hydrogen-bond acceptors (Lipinski definition) is 4. The minimum atomic E-state index is -0.548. The normalized spacial score (nSPS) is 24.9. The van der Waals surface area contributed by atoms with Crippen LogP contribution in [0.25, 0.3) is 0 Å². The molecule has 0 radical (unpaired) electrons. The van der Waals surface area contributed by atoms with Crippen molar-refractivity contribution in [3.05, 3.63) is 11.9 Å². The molecule has 14 heavy (non-hydrogen) atoms. The summed E-state index contributed by atoms with van der Waals surface area (Å²) < 4.78 is 7.15. The Bertz CT molecular complexity index is 292. The highest BCUT2D eigenvalue weighted by atomic mass is 16.5. The van der Waals surface area contributed by atoms with E-state index in [-0.39, 0.29) is 6.04 Å². The monoisotopic (exact) mass is 197 g/mol. The summed E-state index contributed by atoms with van der Waals surface area (Å²) in [5.41, 5.74) is 0.621. The Kier molecular flexibility index (Phi) is 2.79. The lowest BCUT2D eigenvalue weighted by Gasteiger charge is -2.21. The smallest absolute Gasteiger partial charge is 0.111 e. The molecule has 2 atom stereocenters. The fraction of sp³-hybridized carbons (Fsp3) is 0.778. The fourth-order valence-electron chi connectivity index (χ4n) is 1.59. The molecule has 0 bridgehead atoms. The molecule has 78 valence electrons. The lowest BCUT2D eigenvalue weighted by Crippen LogP contribution is -2.21. The van der Waals surface area contributed by atoms with Crippen LogP contribution >= 0.6 is 0 Å². The highest BCUT2D eigenvalue weighted by Crippen LogP contribution is 2.19. The molecule has 1 N–H and O–H groups in total. The Hall–Kier alpha value is -0.940. The number of rotatable bonds is 2. The third-order valence-corrected chi connectivity index (χ3v) is 2.47. The van der Waals surface area contributed by atoms with Gasteiger partial charge in [-0.05, 0) is 19.8 Å². The maximum Gasteiger partial charge on any atom is 0.111 e. The maximum absolute atomic E-state index is 9.29. The standard InChI is InChI=1S/C9H15N3O2/c1-7(13)9-5-12(11-10-9)8-3-2-4-14-6-8/h5,7-8,13H,2-4,6H2,1H3/t7-,8?/m0/s1. The first-order chi connectivity index (χ1) is 6.77. The molecular weight excluding hydrogens is 182 g/mol. The van der Waals surface area contributed by atoms with Crippen LogP contribution in [0.2, 0.25) is 0 Å². The van der Waals surface area contributed by atoms with Crippen molar-refractivity contribution in [3.63, 3.8) is 0 Å². The Morgan fingerprint density at radius 1 is 1.71 bits per heavy atom. The molecule has 0 spiro atoms. The lowest BCUT2D eigenvalue weighted by molar-refractivity contribution is 0.0542. The molecule has 2 rings (SSSR count). The second-order valence-corrected chi connectivity index (χ2v) is 3.67. The van der Waals surface area contributed by atoms with E-state index >= 15 is 0 Å². The molecule has 0 amide bonds. The third kappa shape index (κ3) is 1.93. The summed E-state index contributed by atoms with van der Waals surface area (Å²) in [6, 6.07) is 0.281. The molecule has 0 saturated carbocycles. The molecule has 1 aromatic rings. The first-order valence-electron chi connectivity index (χ1n) is 4.95. The minimum absolute atomic E-state index is 0.281. The Labute approximate surface area is 82.7 Å². The summed E-state index contributed by atoms with van der Waals surface area (Å²) in [5, 5.41) is 17.2. The number of nitrogens with zero attached hydrogens (tertiary/aromatic N) is 3. The van der Waals surface area contributed by atoms with Gasteiger partial charge in [-0.1, -0.05) is 5.21 Å². The van der Waals surface area contributed by atoms with Gasteiger partial charge in [-0.2, -0.15) is 0 Å². The van der Waals surface area contributed by atoms with Crippen LogP contribution in [0, 0.1) is 0 Å². The molecule has 2 heterocycles. The molecule has 0 aliphatic carbocycles. The molecule has 1 aliphatic rings. The van der Waals surface area contributed by atoms with Crippen molar-refractivity contribution in [3.8, 4) is 0 Å². The van der Waals surface area contributed by atoms with E-state index in [1.54, 1.807) is 17.8 Å². The number of aliphatic hydroxyl groups is 1. The SMILES string of the molecule is C[C@H](O)c1cn(C2CCCOC2)nn1. The maximum atomic E-state index is 9.29. The fourth-order valence-corrected chi connectivity index (χ4v) is 1.59. The zero-order valence-corrected chi connectivity index (χ0v) is 8.26. The summed E-state index contributed by atoms with van der Waals surface area (Å²) in [6.07, 6.45) is 3.38. The third-order valence-electron chi connectivity index (χ3n) is 2.47. The summed E-state index contributed by atoms with van der Waals surface area (Å²) in [4.78, 5) is 0. The van der Waals surface area contributed by atoms with Gasteiger partial charge in [-0.25, -0.2) is 4.68 Å². The molecular formula is C9H15N3O2. The van der Waals surface area contributed by atoms with E-state index in [0.717, 1.165) is 19.4 Å². The molecule has 1 aromatic heterocycles. The second-order valence-electron chi connectivity index (χ2n) is 3.67. The van der Waals surface area contributed by atoms with Crippen molar-refractivity contribution < 1.29 is 9.84 Å². The zero-order chi connectivity index (χ0) is 9.97. The van der Waals surface area contributed by atoms with E-state index in [4.69, 9.17) is 4.74 Å². The van der Waals surface area contributed by atoms with Crippen LogP contribution in [0.4, 0.5) is 0 Å². The first kappa shape index (κ1) is 9.61. The zero-order valence-electron chi connectivity index (χ0n) is 8.26. The van der Waals surface area contributed by atoms with Gasteiger partial charge in [-0.15, -0.1) is 5.10 Å². The Morgan fingerprint density at radius 2 is 2.57 bits per heavy atom. The Morgan fingerprint density at radius 3 is 3.14 bits per heavy atom. The van der Waals surface area contributed by atoms with Crippen LogP contribution in [0.3, 0.4) is 0 Å². The highest BCUT2D eigenvalue weighted by molar-refractivity contribution is 4.96. The number of hydrogen-bond donors (Lipinski definition) is 1. The minimum Gasteiger partial charge on any atom is -0.387 e. The average molecular weight is 197 g/mol. The largest absolute Gasteiger partial charge is 0.387 e. The predicted octanol–water partition coefficient (Wildman–Crippen LogP) is 0.683. The van der Waals surface area contributed by atoms with E-state index in [9.17, 15) is 5.11 Å². The molecule has 5 heteroatoms. The van der Waals surface area contributed by atoms with Crippen LogP contribution in [-0.4, -0.2) is 33.3 Å². The van der Waals surface area contributed by atoms with Crippen LogP contribution < -0.4 is 0 Å². The number of aliphatic hydroxyl groups excluding tert-OH is 1. The Balaban J connectivity index is 2.07. The van der Waals surface area contributed by atoms with E-state index in [1.807, 2.05) is 0 Å². The van der Waals surface area contributed by atoms with Gasteiger partial charge in [0.1, 0.15) is 5.69 Å². The van der Waals surface area contributed by atoms with Crippen molar-refractivity contribution in [2.24, 2.45) is 0 Å². The molecule has 1 fully saturated rings. The first-order valence-corrected chi connectivity index (χ1v) is 4.95. The summed E-state index contributed by atoms with van der Waals surface area (Å²) in [7, 11) is 0. The van der Waals surface area contributed by atoms with Gasteiger partial charge in [0.05, 0.1) is 24.9 Å². The topological polar surface area (TPSA) is 60.2 Å². The van der Waals surface area contributed by atoms with Gasteiger partial charge in [0.2, 0.25) is 0 Å². The van der Waals surface area contributed by atoms with Crippen molar-refractivity contribution in [2.75, 3.05) is 13.2 Å². The number of aromatic nitrogens is 3. The highest BCUT2D eigenvalue weighted by Gasteiger charge is 2.18. The van der Waals surface area contributed by atoms with Gasteiger partial charge in [0.15, 0.2) is 0 Å². The van der Waals surface area contributed by atoms with E-state index < -0.39 is 6.10 Å². The van der Waals surface area contributed by atoms with E-state index in [0.29, 0.717) is 12.3 Å². The van der Waals surface area contributed by atoms with E-state index in [1.165, 1.54) is 0 Å². The van der Waals surface area contributed by atoms with Gasteiger partial charge in [0.25, 0.3) is 0 Å². The summed E-state index contributed by atoms with van der Waals surface area (Å²) in [5.74, 6) is 0. The van der Waals surface area contributed by atoms with Gasteiger partial charge < -0.3 is 9.84 Å². The molecule has 1 saturated heterocycles. The van der Waals surface area contributed by atoms with Crippen LogP contribution in [0.5, 0.6) is 0 Å². The molecule has 1 aliphatic heterocycles. The van der Waals surface area contributed by atoms with Crippen LogP contribution in [0.15, 0.2) is 6.20 Å². The summed E-state index contributed by atoms with van der Waals surface area (Å²) >= 11 is 0. The summed E-state index contributed by atoms with van der Waals surface area (Å²) in [6.45, 7) is 3.22.